The van der Waals surface area contributed by atoms with Crippen LogP contribution in [0.4, 0.5) is 5.69 Å². The Labute approximate surface area is 202 Å². The molecule has 9 heteroatoms. The van der Waals surface area contributed by atoms with Crippen LogP contribution in [0.3, 0.4) is 0 Å². The van der Waals surface area contributed by atoms with Crippen molar-refractivity contribution >= 4 is 17.4 Å². The molecular weight excluding hydrogens is 448 g/mol. The summed E-state index contributed by atoms with van der Waals surface area (Å²) in [6.45, 7) is 4.58. The summed E-state index contributed by atoms with van der Waals surface area (Å²) in [5.74, 6) is 1.37. The summed E-state index contributed by atoms with van der Waals surface area (Å²) in [4.78, 5) is 40.7. The minimum absolute atomic E-state index is 0.00115. The molecule has 2 aliphatic rings. The molecule has 0 radical (unpaired) electrons. The van der Waals surface area contributed by atoms with E-state index in [0.29, 0.717) is 48.9 Å². The Morgan fingerprint density at radius 2 is 1.66 bits per heavy atom. The molecule has 3 aromatic rings. The van der Waals surface area contributed by atoms with Gasteiger partial charge in [-0.15, -0.1) is 0 Å². The number of aromatic nitrogens is 2. The Bertz CT molecular complexity index is 1310. The monoisotopic (exact) mass is 474 g/mol. The van der Waals surface area contributed by atoms with Crippen molar-refractivity contribution in [2.45, 2.75) is 19.9 Å². The maximum absolute atomic E-state index is 12.8. The molecule has 1 fully saturated rings. The predicted molar refractivity (Wildman–Crippen MR) is 130 cm³/mol. The fraction of sp³-hybridized carbons (Fsp3) is 0.308. The third kappa shape index (κ3) is 4.89. The van der Waals surface area contributed by atoms with E-state index in [2.05, 4.69) is 10.00 Å². The van der Waals surface area contributed by atoms with Crippen LogP contribution < -0.4 is 19.9 Å². The number of ketones is 1. The molecule has 0 unspecified atom stereocenters. The number of amides is 1. The van der Waals surface area contributed by atoms with E-state index >= 15 is 0 Å². The molecule has 0 N–H and O–H groups in total. The van der Waals surface area contributed by atoms with Crippen LogP contribution in [0.25, 0.3) is 11.3 Å². The number of benzene rings is 2. The van der Waals surface area contributed by atoms with Crippen molar-refractivity contribution in [3.63, 3.8) is 0 Å². The van der Waals surface area contributed by atoms with E-state index in [1.54, 1.807) is 13.0 Å². The summed E-state index contributed by atoms with van der Waals surface area (Å²) in [6.07, 6.45) is 0.199. The highest BCUT2D eigenvalue weighted by molar-refractivity contribution is 5.94. The minimum Gasteiger partial charge on any atom is -0.454 e. The van der Waals surface area contributed by atoms with E-state index in [9.17, 15) is 14.4 Å². The number of piperazine rings is 1. The van der Waals surface area contributed by atoms with Gasteiger partial charge in [-0.1, -0.05) is 0 Å². The normalized spacial score (nSPS) is 14.8. The van der Waals surface area contributed by atoms with Crippen LogP contribution in [0.1, 0.15) is 23.7 Å². The first kappa shape index (κ1) is 22.6. The summed E-state index contributed by atoms with van der Waals surface area (Å²) in [5, 5.41) is 4.46. The van der Waals surface area contributed by atoms with Gasteiger partial charge in [0.15, 0.2) is 17.3 Å². The number of carbonyl (C=O) groups excluding carboxylic acids is 2. The number of hydrogen-bond acceptors (Lipinski definition) is 7. The first-order valence-corrected chi connectivity index (χ1v) is 11.6. The molecule has 35 heavy (non-hydrogen) atoms. The highest BCUT2D eigenvalue weighted by Gasteiger charge is 2.22. The molecule has 0 bridgehead atoms. The van der Waals surface area contributed by atoms with Gasteiger partial charge in [0.25, 0.3) is 5.56 Å². The molecule has 1 aromatic heterocycles. The van der Waals surface area contributed by atoms with Crippen LogP contribution in [0, 0.1) is 0 Å². The van der Waals surface area contributed by atoms with Gasteiger partial charge >= 0.3 is 0 Å². The Morgan fingerprint density at radius 1 is 0.914 bits per heavy atom. The SMILES string of the molecule is CC(=O)c1ccc(N2CCN(C(=O)CCn3nc(-c4ccc5c(c4)OCO5)ccc3=O)CC2)cc1. The summed E-state index contributed by atoms with van der Waals surface area (Å²) < 4.78 is 12.1. The Morgan fingerprint density at radius 3 is 2.40 bits per heavy atom. The lowest BCUT2D eigenvalue weighted by Gasteiger charge is -2.36. The number of ether oxygens (including phenoxy) is 2. The largest absolute Gasteiger partial charge is 0.454 e. The number of carbonyl (C=O) groups is 2. The fourth-order valence-corrected chi connectivity index (χ4v) is 4.30. The number of Topliss-reactive ketones (excluding diaryl/α,β-unsaturated/α-hetero) is 1. The molecule has 0 spiro atoms. The average Bonchev–Trinajstić information content (AvgIpc) is 3.36. The Balaban J connectivity index is 1.18. The van der Waals surface area contributed by atoms with Crippen LogP contribution in [0.5, 0.6) is 11.5 Å². The lowest BCUT2D eigenvalue weighted by molar-refractivity contribution is -0.131. The lowest BCUT2D eigenvalue weighted by atomic mass is 10.1. The second-order valence-corrected chi connectivity index (χ2v) is 8.57. The van der Waals surface area contributed by atoms with Gasteiger partial charge in [-0.05, 0) is 55.5 Å². The van der Waals surface area contributed by atoms with Gasteiger partial charge in [-0.3, -0.25) is 14.4 Å². The van der Waals surface area contributed by atoms with Crippen LogP contribution in [-0.4, -0.2) is 59.3 Å². The lowest BCUT2D eigenvalue weighted by Crippen LogP contribution is -2.49. The molecule has 2 aliphatic heterocycles. The molecule has 9 nitrogen and oxygen atoms in total. The number of aryl methyl sites for hydroxylation is 1. The van der Waals surface area contributed by atoms with E-state index in [1.165, 1.54) is 10.7 Å². The number of hydrogen-bond donors (Lipinski definition) is 0. The van der Waals surface area contributed by atoms with E-state index in [0.717, 1.165) is 11.3 Å². The summed E-state index contributed by atoms with van der Waals surface area (Å²) >= 11 is 0. The minimum atomic E-state index is -0.249. The number of anilines is 1. The standard InChI is InChI=1S/C26H26N4O5/c1-18(31)19-2-5-21(6-3-19)28-12-14-29(15-13-28)25(32)10-11-30-26(33)9-7-22(27-30)20-4-8-23-24(16-20)35-17-34-23/h2-9,16H,10-15,17H2,1H3. The number of fused-ring (bicyclic) bond motifs is 1. The first-order valence-electron chi connectivity index (χ1n) is 11.6. The van der Waals surface area contributed by atoms with E-state index < -0.39 is 0 Å². The third-order valence-electron chi connectivity index (χ3n) is 6.34. The zero-order valence-electron chi connectivity index (χ0n) is 19.5. The zero-order chi connectivity index (χ0) is 24.4. The number of rotatable bonds is 6. The highest BCUT2D eigenvalue weighted by Crippen LogP contribution is 2.35. The van der Waals surface area contributed by atoms with Crippen molar-refractivity contribution < 1.29 is 19.1 Å². The molecule has 0 aliphatic carbocycles. The fourth-order valence-electron chi connectivity index (χ4n) is 4.30. The topological polar surface area (TPSA) is 94.0 Å². The predicted octanol–water partition coefficient (Wildman–Crippen LogP) is 2.58. The van der Waals surface area contributed by atoms with Crippen molar-refractivity contribution in [1.82, 2.24) is 14.7 Å². The van der Waals surface area contributed by atoms with Crippen LogP contribution in [-0.2, 0) is 11.3 Å². The molecule has 180 valence electrons. The van der Waals surface area contributed by atoms with Gasteiger partial charge < -0.3 is 19.3 Å². The third-order valence-corrected chi connectivity index (χ3v) is 6.34. The van der Waals surface area contributed by atoms with E-state index in [1.807, 2.05) is 47.4 Å². The van der Waals surface area contributed by atoms with Crippen LogP contribution in [0.2, 0.25) is 0 Å². The van der Waals surface area contributed by atoms with Crippen molar-refractivity contribution in [1.29, 1.82) is 0 Å². The van der Waals surface area contributed by atoms with Crippen molar-refractivity contribution in [2.75, 3.05) is 37.9 Å². The van der Waals surface area contributed by atoms with Gasteiger partial charge in [0.2, 0.25) is 12.7 Å². The Hall–Kier alpha value is -4.14. The van der Waals surface area contributed by atoms with Gasteiger partial charge in [-0.25, -0.2) is 4.68 Å². The van der Waals surface area contributed by atoms with Gasteiger partial charge in [-0.2, -0.15) is 5.10 Å². The summed E-state index contributed by atoms with van der Waals surface area (Å²) in [5.41, 5.74) is 2.91. The van der Waals surface area contributed by atoms with Crippen LogP contribution >= 0.6 is 0 Å². The number of nitrogens with zero attached hydrogens (tertiary/aromatic N) is 4. The maximum atomic E-state index is 12.8. The van der Waals surface area contributed by atoms with E-state index in [-0.39, 0.29) is 37.0 Å². The molecular formula is C26H26N4O5. The first-order chi connectivity index (χ1) is 17.0. The highest BCUT2D eigenvalue weighted by atomic mass is 16.7. The molecule has 1 amide bonds. The molecule has 3 heterocycles. The molecule has 0 atom stereocenters. The van der Waals surface area contributed by atoms with Crippen molar-refractivity contribution in [2.24, 2.45) is 0 Å². The van der Waals surface area contributed by atoms with Gasteiger partial charge in [0.1, 0.15) is 0 Å². The Kier molecular flexibility index (Phi) is 6.22. The molecule has 0 saturated carbocycles. The molecule has 2 aromatic carbocycles. The zero-order valence-corrected chi connectivity index (χ0v) is 19.5. The van der Waals surface area contributed by atoms with Gasteiger partial charge in [0.05, 0.1) is 12.2 Å². The summed E-state index contributed by atoms with van der Waals surface area (Å²) in [6, 6.07) is 16.2. The van der Waals surface area contributed by atoms with Gasteiger partial charge in [0, 0.05) is 55.5 Å². The average molecular weight is 475 g/mol. The molecule has 1 saturated heterocycles. The quantitative estimate of drug-likeness (QED) is 0.507. The molecule has 5 rings (SSSR count). The smallest absolute Gasteiger partial charge is 0.266 e. The second-order valence-electron chi connectivity index (χ2n) is 8.57. The second kappa shape index (κ2) is 9.61. The maximum Gasteiger partial charge on any atom is 0.266 e. The summed E-state index contributed by atoms with van der Waals surface area (Å²) in [7, 11) is 0. The van der Waals surface area contributed by atoms with E-state index in [4.69, 9.17) is 9.47 Å². The van der Waals surface area contributed by atoms with Crippen molar-refractivity contribution in [3.8, 4) is 22.8 Å². The van der Waals surface area contributed by atoms with Crippen molar-refractivity contribution in [3.05, 3.63) is 70.5 Å². The van der Waals surface area contributed by atoms with Crippen LogP contribution in [0.15, 0.2) is 59.4 Å².